The molecule has 1 aromatic carbocycles. The van der Waals surface area contributed by atoms with Crippen molar-refractivity contribution in [3.05, 3.63) is 35.9 Å². The molecule has 1 atom stereocenters. The van der Waals surface area contributed by atoms with E-state index in [0.717, 1.165) is 18.4 Å². The lowest BCUT2D eigenvalue weighted by Gasteiger charge is -2.02. The third kappa shape index (κ3) is 6.81. The highest BCUT2D eigenvalue weighted by molar-refractivity contribution is 5.34. The van der Waals surface area contributed by atoms with Crippen molar-refractivity contribution in [2.75, 3.05) is 0 Å². The molecule has 0 fully saturated rings. The van der Waals surface area contributed by atoms with Gasteiger partial charge in [-0.25, -0.2) is 0 Å². The van der Waals surface area contributed by atoms with Gasteiger partial charge in [0.15, 0.2) is 0 Å². The molecule has 0 aliphatic carbocycles. The first-order chi connectivity index (χ1) is 8.33. The molecule has 0 aliphatic heterocycles. The van der Waals surface area contributed by atoms with Crippen LogP contribution in [-0.4, -0.2) is 11.2 Å². The third-order valence-electron chi connectivity index (χ3n) is 2.74. The molecule has 17 heavy (non-hydrogen) atoms. The summed E-state index contributed by atoms with van der Waals surface area (Å²) in [7, 11) is 0. The van der Waals surface area contributed by atoms with Crippen molar-refractivity contribution in [2.45, 2.75) is 51.6 Å². The number of benzene rings is 1. The van der Waals surface area contributed by atoms with Crippen LogP contribution >= 0.6 is 0 Å². The Morgan fingerprint density at radius 1 is 1.06 bits per heavy atom. The van der Waals surface area contributed by atoms with Crippen LogP contribution in [0.5, 0.6) is 0 Å². The number of aliphatic hydroxyl groups is 1. The lowest BCUT2D eigenvalue weighted by atomic mass is 10.1. The summed E-state index contributed by atoms with van der Waals surface area (Å²) in [6.07, 6.45) is 6.43. The fourth-order valence-corrected chi connectivity index (χ4v) is 1.70. The van der Waals surface area contributed by atoms with Crippen molar-refractivity contribution < 1.29 is 5.11 Å². The van der Waals surface area contributed by atoms with E-state index in [1.165, 1.54) is 25.7 Å². The smallest absolute Gasteiger partial charge is 0.115 e. The Balaban J connectivity index is 2.21. The Kier molecular flexibility index (Phi) is 7.18. The van der Waals surface area contributed by atoms with Crippen LogP contribution in [0.2, 0.25) is 0 Å². The second-order valence-corrected chi connectivity index (χ2v) is 4.35. The van der Waals surface area contributed by atoms with Crippen LogP contribution in [0.15, 0.2) is 30.3 Å². The zero-order chi connectivity index (χ0) is 12.3. The zero-order valence-corrected chi connectivity index (χ0v) is 10.7. The Morgan fingerprint density at radius 2 is 1.76 bits per heavy atom. The molecule has 0 saturated heterocycles. The van der Waals surface area contributed by atoms with Crippen LogP contribution < -0.4 is 0 Å². The summed E-state index contributed by atoms with van der Waals surface area (Å²) < 4.78 is 0. The first kappa shape index (κ1) is 13.8. The average Bonchev–Trinajstić information content (AvgIpc) is 2.37. The molecular formula is C16H22O. The van der Waals surface area contributed by atoms with Gasteiger partial charge in [-0.15, -0.1) is 0 Å². The minimum absolute atomic E-state index is 0.475. The van der Waals surface area contributed by atoms with E-state index in [-0.39, 0.29) is 0 Å². The minimum Gasteiger partial charge on any atom is -0.380 e. The summed E-state index contributed by atoms with van der Waals surface area (Å²) >= 11 is 0. The number of hydrogen-bond acceptors (Lipinski definition) is 1. The van der Waals surface area contributed by atoms with Crippen LogP contribution in [0.25, 0.3) is 0 Å². The molecule has 0 aromatic heterocycles. The molecule has 1 heteroatoms. The first-order valence-corrected chi connectivity index (χ1v) is 6.57. The maximum absolute atomic E-state index is 9.69. The molecule has 0 saturated carbocycles. The fourth-order valence-electron chi connectivity index (χ4n) is 1.70. The summed E-state index contributed by atoms with van der Waals surface area (Å²) in [6.45, 7) is 2.21. The van der Waals surface area contributed by atoms with E-state index in [1.807, 2.05) is 30.3 Å². The Labute approximate surface area is 105 Å². The van der Waals surface area contributed by atoms with Gasteiger partial charge < -0.3 is 5.11 Å². The molecule has 0 spiro atoms. The lowest BCUT2D eigenvalue weighted by Crippen LogP contribution is -2.02. The first-order valence-electron chi connectivity index (χ1n) is 6.57. The van der Waals surface area contributed by atoms with E-state index in [9.17, 15) is 5.11 Å². The molecule has 1 N–H and O–H groups in total. The minimum atomic E-state index is -0.475. The van der Waals surface area contributed by atoms with Gasteiger partial charge in [0.05, 0.1) is 0 Å². The van der Waals surface area contributed by atoms with Crippen molar-refractivity contribution >= 4 is 0 Å². The van der Waals surface area contributed by atoms with Gasteiger partial charge in [-0.1, -0.05) is 62.6 Å². The van der Waals surface area contributed by atoms with Gasteiger partial charge in [-0.05, 0) is 25.0 Å². The zero-order valence-electron chi connectivity index (χ0n) is 10.7. The molecule has 92 valence electrons. The second kappa shape index (κ2) is 8.84. The van der Waals surface area contributed by atoms with Crippen LogP contribution in [-0.2, 0) is 0 Å². The predicted molar refractivity (Wildman–Crippen MR) is 72.7 cm³/mol. The monoisotopic (exact) mass is 230 g/mol. The average molecular weight is 230 g/mol. The number of rotatable bonds is 6. The normalized spacial score (nSPS) is 11.6. The number of unbranched alkanes of at least 4 members (excludes halogenated alkanes) is 4. The molecule has 0 heterocycles. The maximum atomic E-state index is 9.69. The fraction of sp³-hybridized carbons (Fsp3) is 0.500. The third-order valence-corrected chi connectivity index (χ3v) is 2.74. The Hall–Kier alpha value is -1.26. The van der Waals surface area contributed by atoms with Gasteiger partial charge in [-0.3, -0.25) is 0 Å². The van der Waals surface area contributed by atoms with E-state index in [2.05, 4.69) is 18.8 Å². The molecule has 1 aromatic rings. The number of aliphatic hydroxyl groups excluding tert-OH is 1. The van der Waals surface area contributed by atoms with Crippen molar-refractivity contribution in [1.82, 2.24) is 0 Å². The Bertz CT molecular complexity index is 345. The summed E-state index contributed by atoms with van der Waals surface area (Å²) in [5.74, 6) is 5.89. The van der Waals surface area contributed by atoms with Gasteiger partial charge in [0.2, 0.25) is 0 Å². The van der Waals surface area contributed by atoms with Crippen molar-refractivity contribution in [3.8, 4) is 11.8 Å². The molecule has 1 rings (SSSR count). The molecule has 0 aliphatic rings. The second-order valence-electron chi connectivity index (χ2n) is 4.35. The predicted octanol–water partition coefficient (Wildman–Crippen LogP) is 3.76. The van der Waals surface area contributed by atoms with Crippen molar-refractivity contribution in [1.29, 1.82) is 0 Å². The van der Waals surface area contributed by atoms with Crippen molar-refractivity contribution in [3.63, 3.8) is 0 Å². The van der Waals surface area contributed by atoms with E-state index in [0.29, 0.717) is 0 Å². The maximum Gasteiger partial charge on any atom is 0.115 e. The van der Waals surface area contributed by atoms with Gasteiger partial charge in [-0.2, -0.15) is 0 Å². The van der Waals surface area contributed by atoms with E-state index in [4.69, 9.17) is 0 Å². The Morgan fingerprint density at radius 3 is 2.47 bits per heavy atom. The molecular weight excluding hydrogens is 208 g/mol. The van der Waals surface area contributed by atoms with E-state index >= 15 is 0 Å². The summed E-state index contributed by atoms with van der Waals surface area (Å²) in [6, 6.07) is 9.81. The largest absolute Gasteiger partial charge is 0.380 e. The van der Waals surface area contributed by atoms with Gasteiger partial charge >= 0.3 is 0 Å². The van der Waals surface area contributed by atoms with Crippen LogP contribution in [0.1, 0.15) is 51.0 Å². The van der Waals surface area contributed by atoms with Gasteiger partial charge in [0.25, 0.3) is 0 Å². The van der Waals surface area contributed by atoms with E-state index < -0.39 is 6.10 Å². The summed E-state index contributed by atoms with van der Waals surface area (Å²) in [5, 5.41) is 9.69. The van der Waals surface area contributed by atoms with Gasteiger partial charge in [0, 0.05) is 5.56 Å². The van der Waals surface area contributed by atoms with E-state index in [1.54, 1.807) is 0 Å². The highest BCUT2D eigenvalue weighted by atomic mass is 16.3. The van der Waals surface area contributed by atoms with Crippen molar-refractivity contribution in [2.24, 2.45) is 0 Å². The molecule has 0 amide bonds. The van der Waals surface area contributed by atoms with Crippen LogP contribution in [0, 0.1) is 11.8 Å². The van der Waals surface area contributed by atoms with Crippen LogP contribution in [0.4, 0.5) is 0 Å². The summed E-state index contributed by atoms with van der Waals surface area (Å²) in [4.78, 5) is 0. The molecule has 0 unspecified atom stereocenters. The standard InChI is InChI=1S/C16H22O/c1-2-3-4-5-9-12-16(17)14-13-15-10-7-6-8-11-15/h6-8,10-11,16-17H,2-5,9,12H2,1H3/t16-/m0/s1. The topological polar surface area (TPSA) is 20.2 Å². The van der Waals surface area contributed by atoms with Gasteiger partial charge in [0.1, 0.15) is 6.10 Å². The SMILES string of the molecule is CCCCCCC[C@H](O)C#Cc1ccccc1. The highest BCUT2D eigenvalue weighted by Crippen LogP contribution is 2.07. The number of hydrogen-bond donors (Lipinski definition) is 1. The molecule has 1 nitrogen and oxygen atoms in total. The highest BCUT2D eigenvalue weighted by Gasteiger charge is 1.98. The molecule has 0 radical (unpaired) electrons. The lowest BCUT2D eigenvalue weighted by molar-refractivity contribution is 0.217. The quantitative estimate of drug-likeness (QED) is 0.583. The summed E-state index contributed by atoms with van der Waals surface area (Å²) in [5.41, 5.74) is 0.970. The molecule has 0 bridgehead atoms. The van der Waals surface area contributed by atoms with Crippen LogP contribution in [0.3, 0.4) is 0 Å².